The molecule has 14 heavy (non-hydrogen) atoms. The van der Waals surface area contributed by atoms with E-state index in [0.717, 1.165) is 6.42 Å². The molecule has 3 rings (SSSR count). The summed E-state index contributed by atoms with van der Waals surface area (Å²) in [5.74, 6) is 0. The SMILES string of the molecule is N#Cc1nccc2c1C[C@@H]1CC[C@H]2N1. The van der Waals surface area contributed by atoms with Crippen LogP contribution >= 0.6 is 0 Å². The lowest BCUT2D eigenvalue weighted by atomic mass is 9.94. The third kappa shape index (κ3) is 0.978. The monoisotopic (exact) mass is 185 g/mol. The summed E-state index contributed by atoms with van der Waals surface area (Å²) in [4.78, 5) is 4.12. The average molecular weight is 185 g/mol. The molecule has 0 amide bonds. The van der Waals surface area contributed by atoms with Gasteiger partial charge in [0.1, 0.15) is 11.8 Å². The Balaban J connectivity index is 2.18. The van der Waals surface area contributed by atoms with E-state index in [1.165, 1.54) is 24.0 Å². The maximum atomic E-state index is 8.95. The molecule has 3 nitrogen and oxygen atoms in total. The fourth-order valence-corrected chi connectivity index (χ4v) is 2.62. The van der Waals surface area contributed by atoms with E-state index in [-0.39, 0.29) is 0 Å². The van der Waals surface area contributed by atoms with E-state index in [1.54, 1.807) is 6.20 Å². The number of hydrogen-bond acceptors (Lipinski definition) is 3. The molecule has 0 aliphatic carbocycles. The Hall–Kier alpha value is -1.40. The molecule has 0 aromatic carbocycles. The Morgan fingerprint density at radius 1 is 1.50 bits per heavy atom. The van der Waals surface area contributed by atoms with Crippen LogP contribution in [0, 0.1) is 11.3 Å². The van der Waals surface area contributed by atoms with Gasteiger partial charge >= 0.3 is 0 Å². The topological polar surface area (TPSA) is 48.7 Å². The maximum absolute atomic E-state index is 8.95. The first-order chi connectivity index (χ1) is 6.88. The van der Waals surface area contributed by atoms with Crippen molar-refractivity contribution in [2.45, 2.75) is 31.3 Å². The number of hydrogen-bond donors (Lipinski definition) is 1. The molecular formula is C11H11N3. The largest absolute Gasteiger partial charge is 0.307 e. The second kappa shape index (κ2) is 2.79. The van der Waals surface area contributed by atoms with Gasteiger partial charge in [0.25, 0.3) is 0 Å². The Morgan fingerprint density at radius 3 is 3.29 bits per heavy atom. The number of fused-ring (bicyclic) bond motifs is 4. The van der Waals surface area contributed by atoms with Gasteiger partial charge in [0, 0.05) is 18.3 Å². The van der Waals surface area contributed by atoms with E-state index in [4.69, 9.17) is 5.26 Å². The minimum absolute atomic E-state index is 0.471. The summed E-state index contributed by atoms with van der Waals surface area (Å²) in [5.41, 5.74) is 3.10. The van der Waals surface area contributed by atoms with E-state index in [0.29, 0.717) is 17.8 Å². The van der Waals surface area contributed by atoms with E-state index in [2.05, 4.69) is 22.4 Å². The normalized spacial score (nSPS) is 28.2. The summed E-state index contributed by atoms with van der Waals surface area (Å²) in [6.07, 6.45) is 5.15. The predicted molar refractivity (Wildman–Crippen MR) is 51.6 cm³/mol. The third-order valence-corrected chi connectivity index (χ3v) is 3.26. The highest BCUT2D eigenvalue weighted by molar-refractivity contribution is 5.42. The first-order valence-electron chi connectivity index (χ1n) is 5.02. The van der Waals surface area contributed by atoms with Gasteiger partial charge in [0.2, 0.25) is 0 Å². The second-order valence-electron chi connectivity index (χ2n) is 4.04. The number of pyridine rings is 1. The number of nitrogens with one attached hydrogen (secondary N) is 1. The van der Waals surface area contributed by atoms with Gasteiger partial charge in [0.05, 0.1) is 0 Å². The van der Waals surface area contributed by atoms with Crippen molar-refractivity contribution in [1.29, 1.82) is 5.26 Å². The molecule has 1 N–H and O–H groups in total. The molecule has 0 saturated carbocycles. The van der Waals surface area contributed by atoms with Gasteiger partial charge in [-0.3, -0.25) is 0 Å². The summed E-state index contributed by atoms with van der Waals surface area (Å²) in [7, 11) is 0. The Morgan fingerprint density at radius 2 is 2.43 bits per heavy atom. The summed E-state index contributed by atoms with van der Waals surface area (Å²) < 4.78 is 0. The molecule has 70 valence electrons. The highest BCUT2D eigenvalue weighted by Crippen LogP contribution is 2.36. The van der Waals surface area contributed by atoms with Crippen molar-refractivity contribution >= 4 is 0 Å². The van der Waals surface area contributed by atoms with Gasteiger partial charge in [-0.05, 0) is 36.5 Å². The fraction of sp³-hybridized carbons (Fsp3) is 0.455. The minimum Gasteiger partial charge on any atom is -0.307 e. The zero-order valence-corrected chi connectivity index (χ0v) is 7.83. The Labute approximate surface area is 82.8 Å². The van der Waals surface area contributed by atoms with Crippen LogP contribution in [0.25, 0.3) is 0 Å². The molecule has 0 spiro atoms. The molecule has 2 atom stereocenters. The van der Waals surface area contributed by atoms with Crippen LogP contribution in [0.3, 0.4) is 0 Å². The predicted octanol–water partition coefficient (Wildman–Crippen LogP) is 1.30. The molecule has 0 radical (unpaired) electrons. The highest BCUT2D eigenvalue weighted by atomic mass is 15.0. The van der Waals surface area contributed by atoms with Crippen molar-refractivity contribution in [3.63, 3.8) is 0 Å². The lowest BCUT2D eigenvalue weighted by Crippen LogP contribution is -2.32. The van der Waals surface area contributed by atoms with Crippen LogP contribution in [0.2, 0.25) is 0 Å². The molecule has 1 saturated heterocycles. The zero-order chi connectivity index (χ0) is 9.54. The number of rotatable bonds is 0. The molecule has 1 fully saturated rings. The number of nitrogens with zero attached hydrogens (tertiary/aromatic N) is 2. The van der Waals surface area contributed by atoms with Crippen LogP contribution in [0.5, 0.6) is 0 Å². The van der Waals surface area contributed by atoms with Crippen molar-refractivity contribution in [2.75, 3.05) is 0 Å². The van der Waals surface area contributed by atoms with Crippen molar-refractivity contribution in [3.05, 3.63) is 29.1 Å². The minimum atomic E-state index is 0.471. The highest BCUT2D eigenvalue weighted by Gasteiger charge is 2.33. The van der Waals surface area contributed by atoms with Crippen molar-refractivity contribution in [2.24, 2.45) is 0 Å². The molecule has 2 aliphatic heterocycles. The molecule has 2 bridgehead atoms. The van der Waals surface area contributed by atoms with Gasteiger partial charge in [0.15, 0.2) is 0 Å². The summed E-state index contributed by atoms with van der Waals surface area (Å²) in [6, 6.07) is 5.28. The van der Waals surface area contributed by atoms with E-state index in [1.807, 2.05) is 0 Å². The first kappa shape index (κ1) is 7.95. The van der Waals surface area contributed by atoms with Gasteiger partial charge in [-0.2, -0.15) is 5.26 Å². The second-order valence-corrected chi connectivity index (χ2v) is 4.04. The maximum Gasteiger partial charge on any atom is 0.144 e. The average Bonchev–Trinajstić information content (AvgIpc) is 2.61. The lowest BCUT2D eigenvalue weighted by molar-refractivity contribution is 0.513. The van der Waals surface area contributed by atoms with E-state index >= 15 is 0 Å². The van der Waals surface area contributed by atoms with Crippen LogP contribution in [0.1, 0.15) is 35.7 Å². The first-order valence-corrected chi connectivity index (χ1v) is 5.02. The molecular weight excluding hydrogens is 174 g/mol. The lowest BCUT2D eigenvalue weighted by Gasteiger charge is -2.24. The van der Waals surface area contributed by atoms with Gasteiger partial charge < -0.3 is 5.32 Å². The molecule has 0 unspecified atom stereocenters. The zero-order valence-electron chi connectivity index (χ0n) is 7.83. The standard InChI is InChI=1S/C11H11N3/c12-6-11-9-5-7-1-2-10(14-7)8(9)3-4-13-11/h3-4,7,10,14H,1-2,5H2/t7-,10+/m0/s1. The summed E-state index contributed by atoms with van der Waals surface area (Å²) in [6.45, 7) is 0. The Bertz CT molecular complexity index is 419. The van der Waals surface area contributed by atoms with Crippen molar-refractivity contribution in [3.8, 4) is 6.07 Å². The van der Waals surface area contributed by atoms with Crippen LogP contribution < -0.4 is 5.32 Å². The van der Waals surface area contributed by atoms with Crippen molar-refractivity contribution < 1.29 is 0 Å². The van der Waals surface area contributed by atoms with Crippen LogP contribution in [-0.4, -0.2) is 11.0 Å². The van der Waals surface area contributed by atoms with Crippen LogP contribution in [0.15, 0.2) is 12.3 Å². The quantitative estimate of drug-likeness (QED) is 0.662. The number of aromatic nitrogens is 1. The smallest absolute Gasteiger partial charge is 0.144 e. The summed E-state index contributed by atoms with van der Waals surface area (Å²) in [5, 5.41) is 12.5. The van der Waals surface area contributed by atoms with Crippen LogP contribution in [-0.2, 0) is 6.42 Å². The molecule has 3 heteroatoms. The summed E-state index contributed by atoms with van der Waals surface area (Å²) >= 11 is 0. The van der Waals surface area contributed by atoms with Gasteiger partial charge in [-0.1, -0.05) is 0 Å². The van der Waals surface area contributed by atoms with Crippen LogP contribution in [0.4, 0.5) is 0 Å². The molecule has 1 aromatic rings. The molecule has 1 aromatic heterocycles. The van der Waals surface area contributed by atoms with E-state index < -0.39 is 0 Å². The number of nitriles is 1. The molecule has 3 heterocycles. The third-order valence-electron chi connectivity index (χ3n) is 3.26. The van der Waals surface area contributed by atoms with E-state index in [9.17, 15) is 0 Å². The molecule has 2 aliphatic rings. The van der Waals surface area contributed by atoms with Crippen molar-refractivity contribution in [1.82, 2.24) is 10.3 Å². The Kier molecular flexibility index (Phi) is 1.59. The van der Waals surface area contributed by atoms with Gasteiger partial charge in [-0.15, -0.1) is 0 Å². The van der Waals surface area contributed by atoms with Gasteiger partial charge in [-0.25, -0.2) is 4.98 Å². The fourth-order valence-electron chi connectivity index (χ4n) is 2.62.